The molecular formula is C27H35F3O2. The molecule has 1 aromatic carbocycles. The summed E-state index contributed by atoms with van der Waals surface area (Å²) >= 11 is 0. The van der Waals surface area contributed by atoms with Gasteiger partial charge in [-0.05, 0) is 112 Å². The number of carbonyl (C=O) groups is 1. The van der Waals surface area contributed by atoms with Crippen LogP contribution >= 0.6 is 0 Å². The number of rotatable bonds is 4. The summed E-state index contributed by atoms with van der Waals surface area (Å²) in [7, 11) is 0. The molecule has 0 spiro atoms. The maximum absolute atomic E-state index is 12.9. The smallest absolute Gasteiger partial charge is 0.416 e. The average molecular weight is 449 g/mol. The van der Waals surface area contributed by atoms with Gasteiger partial charge in [-0.25, -0.2) is 0 Å². The van der Waals surface area contributed by atoms with Gasteiger partial charge in [-0.15, -0.1) is 0 Å². The molecule has 4 unspecified atom stereocenters. The molecule has 0 bridgehead atoms. The first-order valence-electron chi connectivity index (χ1n) is 12.4. The molecule has 0 amide bonds. The van der Waals surface area contributed by atoms with E-state index in [2.05, 4.69) is 19.1 Å². The van der Waals surface area contributed by atoms with Crippen molar-refractivity contribution in [2.24, 2.45) is 35.5 Å². The number of hydrogen-bond acceptors (Lipinski definition) is 2. The second-order valence-corrected chi connectivity index (χ2v) is 10.2. The van der Waals surface area contributed by atoms with E-state index >= 15 is 0 Å². The SMILES string of the molecule is C/C=C/C1CCC(C2CCC3C(CCCC3C(=O)Oc3ccc(C(F)(F)F)cc3)C2)CC1. The maximum Gasteiger partial charge on any atom is 0.416 e. The molecule has 1 aromatic rings. The van der Waals surface area contributed by atoms with Crippen molar-refractivity contribution in [1.82, 2.24) is 0 Å². The highest BCUT2D eigenvalue weighted by Crippen LogP contribution is 2.50. The lowest BCUT2D eigenvalue weighted by molar-refractivity contribution is -0.144. The standard InChI is InChI=1S/C27H35F3O2/c1-2-4-18-7-9-19(10-8-18)20-11-16-24-21(17-20)5-3-6-25(24)26(31)32-23-14-12-22(13-15-23)27(28,29)30/h2,4,12-15,18-21,24-25H,3,5-11,16-17H2,1H3/b4-2+. The van der Waals surface area contributed by atoms with E-state index in [1.165, 1.54) is 57.1 Å². The van der Waals surface area contributed by atoms with Gasteiger partial charge in [0.15, 0.2) is 0 Å². The number of halogens is 3. The van der Waals surface area contributed by atoms with Crippen LogP contribution in [-0.4, -0.2) is 5.97 Å². The van der Waals surface area contributed by atoms with Crippen LogP contribution in [0.25, 0.3) is 0 Å². The van der Waals surface area contributed by atoms with Crippen LogP contribution < -0.4 is 4.74 Å². The molecule has 3 aliphatic carbocycles. The summed E-state index contributed by atoms with van der Waals surface area (Å²) in [6.45, 7) is 2.11. The van der Waals surface area contributed by atoms with Gasteiger partial charge in [0, 0.05) is 0 Å². The predicted molar refractivity (Wildman–Crippen MR) is 119 cm³/mol. The van der Waals surface area contributed by atoms with Crippen molar-refractivity contribution in [2.45, 2.75) is 77.3 Å². The predicted octanol–water partition coefficient (Wildman–Crippen LogP) is 7.83. The van der Waals surface area contributed by atoms with Crippen molar-refractivity contribution in [3.63, 3.8) is 0 Å². The van der Waals surface area contributed by atoms with Crippen molar-refractivity contribution < 1.29 is 22.7 Å². The molecular weight excluding hydrogens is 413 g/mol. The van der Waals surface area contributed by atoms with Crippen LogP contribution in [0, 0.1) is 35.5 Å². The Morgan fingerprint density at radius 2 is 1.59 bits per heavy atom. The minimum absolute atomic E-state index is 0.123. The third-order valence-electron chi connectivity index (χ3n) is 8.34. The highest BCUT2D eigenvalue weighted by molar-refractivity contribution is 5.75. The zero-order valence-electron chi connectivity index (χ0n) is 18.9. The Bertz CT molecular complexity index is 790. The fourth-order valence-electron chi connectivity index (χ4n) is 6.71. The molecule has 0 radical (unpaired) electrons. The van der Waals surface area contributed by atoms with Crippen LogP contribution in [-0.2, 0) is 11.0 Å². The second-order valence-electron chi connectivity index (χ2n) is 10.2. The number of hydrogen-bond donors (Lipinski definition) is 0. The summed E-state index contributed by atoms with van der Waals surface area (Å²) in [4.78, 5) is 12.9. The number of fused-ring (bicyclic) bond motifs is 1. The summed E-state index contributed by atoms with van der Waals surface area (Å²) < 4.78 is 43.8. The van der Waals surface area contributed by atoms with Gasteiger partial charge in [0.1, 0.15) is 5.75 Å². The number of alkyl halides is 3. The summed E-state index contributed by atoms with van der Waals surface area (Å²) in [5.74, 6) is 3.14. The molecule has 3 saturated carbocycles. The van der Waals surface area contributed by atoms with Gasteiger partial charge in [0.25, 0.3) is 0 Å². The van der Waals surface area contributed by atoms with E-state index in [0.29, 0.717) is 11.8 Å². The molecule has 3 aliphatic rings. The fraction of sp³-hybridized carbons (Fsp3) is 0.667. The quantitative estimate of drug-likeness (QED) is 0.267. The molecule has 3 fully saturated rings. The Morgan fingerprint density at radius 1 is 0.906 bits per heavy atom. The Labute approximate surface area is 189 Å². The monoisotopic (exact) mass is 448 g/mol. The van der Waals surface area contributed by atoms with Gasteiger partial charge in [-0.3, -0.25) is 4.79 Å². The van der Waals surface area contributed by atoms with Gasteiger partial charge in [0.2, 0.25) is 0 Å². The second kappa shape index (κ2) is 10.0. The van der Waals surface area contributed by atoms with Crippen molar-refractivity contribution in [1.29, 1.82) is 0 Å². The third kappa shape index (κ3) is 5.40. The zero-order valence-corrected chi connectivity index (χ0v) is 18.9. The van der Waals surface area contributed by atoms with Crippen molar-refractivity contribution in [2.75, 3.05) is 0 Å². The van der Waals surface area contributed by atoms with Gasteiger partial charge < -0.3 is 4.74 Å². The van der Waals surface area contributed by atoms with E-state index in [1.54, 1.807) is 0 Å². The van der Waals surface area contributed by atoms with E-state index in [1.807, 2.05) is 0 Å². The number of ether oxygens (including phenoxy) is 1. The normalized spacial score (nSPS) is 33.6. The largest absolute Gasteiger partial charge is 0.426 e. The molecule has 2 nitrogen and oxygen atoms in total. The first-order valence-corrected chi connectivity index (χ1v) is 12.4. The van der Waals surface area contributed by atoms with Crippen LogP contribution in [0.1, 0.15) is 76.7 Å². The minimum atomic E-state index is -4.39. The molecule has 0 aliphatic heterocycles. The topological polar surface area (TPSA) is 26.3 Å². The lowest BCUT2D eigenvalue weighted by Gasteiger charge is -2.45. The van der Waals surface area contributed by atoms with Gasteiger partial charge in [0.05, 0.1) is 11.5 Å². The van der Waals surface area contributed by atoms with Gasteiger partial charge >= 0.3 is 12.1 Å². The van der Waals surface area contributed by atoms with Crippen molar-refractivity contribution in [3.8, 4) is 5.75 Å². The maximum atomic E-state index is 12.9. The molecule has 0 aromatic heterocycles. The molecule has 0 N–H and O–H groups in total. The number of benzene rings is 1. The average Bonchev–Trinajstić information content (AvgIpc) is 2.79. The van der Waals surface area contributed by atoms with Crippen LogP contribution in [0.3, 0.4) is 0 Å². The van der Waals surface area contributed by atoms with Crippen molar-refractivity contribution in [3.05, 3.63) is 42.0 Å². The van der Waals surface area contributed by atoms with E-state index in [0.717, 1.165) is 49.1 Å². The molecule has 32 heavy (non-hydrogen) atoms. The number of allylic oxidation sites excluding steroid dienone is 2. The van der Waals surface area contributed by atoms with E-state index < -0.39 is 11.7 Å². The molecule has 0 saturated heterocycles. The lowest BCUT2D eigenvalue weighted by Crippen LogP contribution is -2.40. The fourth-order valence-corrected chi connectivity index (χ4v) is 6.71. The number of esters is 1. The van der Waals surface area contributed by atoms with Crippen LogP contribution in [0.2, 0.25) is 0 Å². The van der Waals surface area contributed by atoms with Crippen LogP contribution in [0.5, 0.6) is 5.75 Å². The zero-order chi connectivity index (χ0) is 22.7. The molecule has 4 atom stereocenters. The minimum Gasteiger partial charge on any atom is -0.426 e. The first kappa shape index (κ1) is 23.4. The highest BCUT2D eigenvalue weighted by atomic mass is 19.4. The Balaban J connectivity index is 1.33. The lowest BCUT2D eigenvalue weighted by atomic mass is 9.59. The summed E-state index contributed by atoms with van der Waals surface area (Å²) in [6.07, 6.45) is 12.0. The highest BCUT2D eigenvalue weighted by Gasteiger charge is 2.43. The Kier molecular flexibility index (Phi) is 7.31. The molecule has 176 valence electrons. The van der Waals surface area contributed by atoms with Crippen molar-refractivity contribution >= 4 is 5.97 Å². The van der Waals surface area contributed by atoms with E-state index in [9.17, 15) is 18.0 Å². The van der Waals surface area contributed by atoms with Gasteiger partial charge in [-0.2, -0.15) is 13.2 Å². The Hall–Kier alpha value is -1.78. The first-order chi connectivity index (χ1) is 15.3. The van der Waals surface area contributed by atoms with Crippen LogP contribution in [0.4, 0.5) is 13.2 Å². The Morgan fingerprint density at radius 3 is 2.25 bits per heavy atom. The van der Waals surface area contributed by atoms with E-state index in [-0.39, 0.29) is 17.6 Å². The van der Waals surface area contributed by atoms with Crippen LogP contribution in [0.15, 0.2) is 36.4 Å². The molecule has 0 heterocycles. The number of carbonyl (C=O) groups excluding carboxylic acids is 1. The summed E-state index contributed by atoms with van der Waals surface area (Å²) in [5.41, 5.74) is -0.729. The summed E-state index contributed by atoms with van der Waals surface area (Å²) in [6, 6.07) is 4.45. The summed E-state index contributed by atoms with van der Waals surface area (Å²) in [5, 5.41) is 0. The van der Waals surface area contributed by atoms with E-state index in [4.69, 9.17) is 4.74 Å². The van der Waals surface area contributed by atoms with Gasteiger partial charge in [-0.1, -0.05) is 25.0 Å². The molecule has 4 rings (SSSR count). The molecule has 5 heteroatoms. The third-order valence-corrected chi connectivity index (χ3v) is 8.34.